The quantitative estimate of drug-likeness (QED) is 0.818. The molecular formula is C17H22ClNOS. The van der Waals surface area contributed by atoms with Crippen molar-refractivity contribution in [2.24, 2.45) is 0 Å². The molecular weight excluding hydrogens is 302 g/mol. The summed E-state index contributed by atoms with van der Waals surface area (Å²) in [7, 11) is 0. The van der Waals surface area contributed by atoms with E-state index in [0.717, 1.165) is 17.3 Å². The van der Waals surface area contributed by atoms with E-state index in [1.165, 1.54) is 15.3 Å². The minimum absolute atomic E-state index is 0.137. The molecule has 1 aromatic carbocycles. The van der Waals surface area contributed by atoms with E-state index in [4.69, 9.17) is 16.3 Å². The predicted molar refractivity (Wildman–Crippen MR) is 91.4 cm³/mol. The van der Waals surface area contributed by atoms with E-state index >= 15 is 0 Å². The molecule has 1 N–H and O–H groups in total. The van der Waals surface area contributed by atoms with Crippen LogP contribution in [0.4, 0.5) is 0 Å². The lowest BCUT2D eigenvalue weighted by Crippen LogP contribution is -2.34. The molecule has 0 saturated heterocycles. The van der Waals surface area contributed by atoms with Gasteiger partial charge in [0.1, 0.15) is 12.4 Å². The number of thiophene rings is 1. The molecule has 2 nitrogen and oxygen atoms in total. The maximum atomic E-state index is 5.87. The molecule has 114 valence electrons. The summed E-state index contributed by atoms with van der Waals surface area (Å²) in [6.45, 7) is 10.2. The van der Waals surface area contributed by atoms with Gasteiger partial charge < -0.3 is 10.1 Å². The summed E-state index contributed by atoms with van der Waals surface area (Å²) in [6.07, 6.45) is 0. The minimum atomic E-state index is 0.137. The van der Waals surface area contributed by atoms with Crippen LogP contribution in [0.25, 0.3) is 0 Å². The molecule has 2 rings (SSSR count). The molecule has 1 aromatic heterocycles. The monoisotopic (exact) mass is 323 g/mol. The van der Waals surface area contributed by atoms with Crippen molar-refractivity contribution in [3.63, 3.8) is 0 Å². The number of halogens is 1. The van der Waals surface area contributed by atoms with E-state index < -0.39 is 0 Å². The van der Waals surface area contributed by atoms with Crippen LogP contribution in [-0.2, 0) is 13.2 Å². The van der Waals surface area contributed by atoms with Gasteiger partial charge in [-0.2, -0.15) is 0 Å². The SMILES string of the molecule is Cc1sc(CNC(C)(C)C)cc1COc1ccc(Cl)cc1. The second-order valence-electron chi connectivity index (χ2n) is 6.14. The second-order valence-corrected chi connectivity index (χ2v) is 7.92. The third kappa shape index (κ3) is 5.34. The van der Waals surface area contributed by atoms with Crippen molar-refractivity contribution < 1.29 is 4.74 Å². The van der Waals surface area contributed by atoms with Gasteiger partial charge in [0, 0.05) is 32.4 Å². The first-order chi connectivity index (χ1) is 9.83. The molecule has 0 aliphatic carbocycles. The van der Waals surface area contributed by atoms with Crippen LogP contribution < -0.4 is 10.1 Å². The average Bonchev–Trinajstić information content (AvgIpc) is 2.76. The molecule has 0 aliphatic heterocycles. The Morgan fingerprint density at radius 1 is 1.19 bits per heavy atom. The Kier molecular flexibility index (Phi) is 5.31. The van der Waals surface area contributed by atoms with Crippen LogP contribution >= 0.6 is 22.9 Å². The highest BCUT2D eigenvalue weighted by atomic mass is 35.5. The first kappa shape index (κ1) is 16.3. The smallest absolute Gasteiger partial charge is 0.119 e. The van der Waals surface area contributed by atoms with Gasteiger partial charge in [-0.15, -0.1) is 11.3 Å². The van der Waals surface area contributed by atoms with Crippen molar-refractivity contribution >= 4 is 22.9 Å². The molecule has 0 atom stereocenters. The van der Waals surface area contributed by atoms with Crippen molar-refractivity contribution in [2.45, 2.75) is 46.4 Å². The third-order valence-corrected chi connectivity index (χ3v) is 4.42. The maximum absolute atomic E-state index is 5.87. The van der Waals surface area contributed by atoms with Crippen LogP contribution in [0.15, 0.2) is 30.3 Å². The summed E-state index contributed by atoms with van der Waals surface area (Å²) in [5.41, 5.74) is 1.39. The molecule has 0 spiro atoms. The number of aryl methyl sites for hydroxylation is 1. The summed E-state index contributed by atoms with van der Waals surface area (Å²) in [5.74, 6) is 0.847. The number of rotatable bonds is 5. The number of benzene rings is 1. The highest BCUT2D eigenvalue weighted by Gasteiger charge is 2.11. The zero-order valence-electron chi connectivity index (χ0n) is 13.0. The zero-order valence-corrected chi connectivity index (χ0v) is 14.6. The lowest BCUT2D eigenvalue weighted by Gasteiger charge is -2.19. The summed E-state index contributed by atoms with van der Waals surface area (Å²) in [4.78, 5) is 2.66. The van der Waals surface area contributed by atoms with Crippen molar-refractivity contribution in [3.05, 3.63) is 50.7 Å². The predicted octanol–water partition coefficient (Wildman–Crippen LogP) is 5.18. The molecule has 21 heavy (non-hydrogen) atoms. The first-order valence-electron chi connectivity index (χ1n) is 7.05. The standard InChI is InChI=1S/C17H22ClNOS/c1-12-13(9-16(21-12)10-19-17(2,3)4)11-20-15-7-5-14(18)6-8-15/h5-9,19H,10-11H2,1-4H3. The normalized spacial score (nSPS) is 11.7. The van der Waals surface area contributed by atoms with E-state index in [9.17, 15) is 0 Å². The molecule has 0 fully saturated rings. The van der Waals surface area contributed by atoms with E-state index in [1.807, 2.05) is 35.6 Å². The number of hydrogen-bond acceptors (Lipinski definition) is 3. The number of ether oxygens (including phenoxy) is 1. The summed E-state index contributed by atoms with van der Waals surface area (Å²) >= 11 is 7.70. The summed E-state index contributed by atoms with van der Waals surface area (Å²) < 4.78 is 5.81. The summed E-state index contributed by atoms with van der Waals surface area (Å²) in [5, 5.41) is 4.24. The van der Waals surface area contributed by atoms with E-state index in [1.54, 1.807) is 0 Å². The fourth-order valence-electron chi connectivity index (χ4n) is 1.86. The van der Waals surface area contributed by atoms with Crippen LogP contribution in [0.2, 0.25) is 5.02 Å². The summed E-state index contributed by atoms with van der Waals surface area (Å²) in [6, 6.07) is 9.71. The Hall–Kier alpha value is -1.03. The number of nitrogens with one attached hydrogen (secondary N) is 1. The Balaban J connectivity index is 1.94. The Labute approximate surface area is 136 Å². The maximum Gasteiger partial charge on any atom is 0.119 e. The van der Waals surface area contributed by atoms with Gasteiger partial charge in [-0.05, 0) is 58.0 Å². The molecule has 0 saturated carbocycles. The van der Waals surface area contributed by atoms with Gasteiger partial charge in [0.05, 0.1) is 0 Å². The first-order valence-corrected chi connectivity index (χ1v) is 8.24. The lowest BCUT2D eigenvalue weighted by molar-refractivity contribution is 0.306. The molecule has 0 unspecified atom stereocenters. The van der Waals surface area contributed by atoms with Gasteiger partial charge in [0.15, 0.2) is 0 Å². The lowest BCUT2D eigenvalue weighted by atomic mass is 10.1. The van der Waals surface area contributed by atoms with Crippen molar-refractivity contribution in [3.8, 4) is 5.75 Å². The molecule has 0 radical (unpaired) electrons. The Bertz CT molecular complexity index is 584. The molecule has 1 heterocycles. The minimum Gasteiger partial charge on any atom is -0.489 e. The molecule has 4 heteroatoms. The van der Waals surface area contributed by atoms with Crippen molar-refractivity contribution in [1.29, 1.82) is 0 Å². The van der Waals surface area contributed by atoms with Gasteiger partial charge in [0.2, 0.25) is 0 Å². The van der Waals surface area contributed by atoms with Gasteiger partial charge >= 0.3 is 0 Å². The Morgan fingerprint density at radius 3 is 2.48 bits per heavy atom. The van der Waals surface area contributed by atoms with E-state index in [0.29, 0.717) is 6.61 Å². The van der Waals surface area contributed by atoms with Crippen LogP contribution in [0.3, 0.4) is 0 Å². The largest absolute Gasteiger partial charge is 0.489 e. The Morgan fingerprint density at radius 2 is 1.86 bits per heavy atom. The second kappa shape index (κ2) is 6.82. The van der Waals surface area contributed by atoms with Crippen molar-refractivity contribution in [2.75, 3.05) is 0 Å². The van der Waals surface area contributed by atoms with Crippen LogP contribution in [0.1, 0.15) is 36.1 Å². The van der Waals surface area contributed by atoms with Gasteiger partial charge in [-0.1, -0.05) is 11.6 Å². The zero-order chi connectivity index (χ0) is 15.5. The molecule has 2 aromatic rings. The van der Waals surface area contributed by atoms with Gasteiger partial charge in [-0.3, -0.25) is 0 Å². The fraction of sp³-hybridized carbons (Fsp3) is 0.412. The van der Waals surface area contributed by atoms with Crippen LogP contribution in [0.5, 0.6) is 5.75 Å². The molecule has 0 aliphatic rings. The van der Waals surface area contributed by atoms with Crippen LogP contribution in [0, 0.1) is 6.92 Å². The molecule has 0 amide bonds. The van der Waals surface area contributed by atoms with E-state index in [2.05, 4.69) is 39.1 Å². The topological polar surface area (TPSA) is 21.3 Å². The highest BCUT2D eigenvalue weighted by molar-refractivity contribution is 7.12. The van der Waals surface area contributed by atoms with Crippen LogP contribution in [-0.4, -0.2) is 5.54 Å². The van der Waals surface area contributed by atoms with Gasteiger partial charge in [-0.25, -0.2) is 0 Å². The number of hydrogen-bond donors (Lipinski definition) is 1. The van der Waals surface area contributed by atoms with Crippen molar-refractivity contribution in [1.82, 2.24) is 5.32 Å². The third-order valence-electron chi connectivity index (χ3n) is 3.07. The fourth-order valence-corrected chi connectivity index (χ4v) is 2.98. The van der Waals surface area contributed by atoms with Gasteiger partial charge in [0.25, 0.3) is 0 Å². The average molecular weight is 324 g/mol. The molecule has 0 bridgehead atoms. The highest BCUT2D eigenvalue weighted by Crippen LogP contribution is 2.24. The van der Waals surface area contributed by atoms with E-state index in [-0.39, 0.29) is 5.54 Å².